The van der Waals surface area contributed by atoms with Gasteiger partial charge in [0.25, 0.3) is 0 Å². The van der Waals surface area contributed by atoms with Crippen LogP contribution in [0.1, 0.15) is 5.56 Å². The Hall–Kier alpha value is -2.20. The maximum Gasteiger partial charge on any atom is 0.323 e. The lowest BCUT2D eigenvalue weighted by molar-refractivity contribution is 0.262. The molecule has 0 radical (unpaired) electrons. The summed E-state index contributed by atoms with van der Waals surface area (Å²) in [4.78, 5) is 11.8. The van der Waals surface area contributed by atoms with Gasteiger partial charge in [-0.1, -0.05) is 17.7 Å². The first kappa shape index (κ1) is 13.2. The fourth-order valence-electron chi connectivity index (χ4n) is 1.58. The van der Waals surface area contributed by atoms with E-state index >= 15 is 0 Å². The Morgan fingerprint density at radius 3 is 2.47 bits per heavy atom. The molecule has 0 aromatic heterocycles. The monoisotopic (exact) mass is 275 g/mol. The summed E-state index contributed by atoms with van der Waals surface area (Å²) in [5, 5.41) is 6.04. The van der Waals surface area contributed by atoms with Crippen molar-refractivity contribution in [3.63, 3.8) is 0 Å². The lowest BCUT2D eigenvalue weighted by Gasteiger charge is -2.10. The van der Waals surface area contributed by atoms with Gasteiger partial charge in [-0.2, -0.15) is 0 Å². The van der Waals surface area contributed by atoms with Crippen LogP contribution in [0.3, 0.4) is 0 Å². The molecule has 0 spiro atoms. The lowest BCUT2D eigenvalue weighted by atomic mass is 10.2. The molecule has 0 saturated heterocycles. The SMILES string of the molecule is Cc1ccc(Cl)cc1NC(=O)Nc1ccc(N)cc1. The van der Waals surface area contributed by atoms with Crippen molar-refractivity contribution >= 4 is 34.7 Å². The molecule has 2 aromatic rings. The normalized spacial score (nSPS) is 10.0. The van der Waals surface area contributed by atoms with Gasteiger partial charge in [0, 0.05) is 22.1 Å². The van der Waals surface area contributed by atoms with Crippen molar-refractivity contribution in [3.8, 4) is 0 Å². The number of hydrogen-bond donors (Lipinski definition) is 3. The average molecular weight is 276 g/mol. The van der Waals surface area contributed by atoms with Crippen LogP contribution in [0.5, 0.6) is 0 Å². The van der Waals surface area contributed by atoms with Crippen molar-refractivity contribution in [1.82, 2.24) is 0 Å². The molecule has 2 rings (SSSR count). The van der Waals surface area contributed by atoms with Crippen LogP contribution in [-0.2, 0) is 0 Å². The Bertz CT molecular complexity index is 596. The summed E-state index contributed by atoms with van der Waals surface area (Å²) in [5.41, 5.74) is 8.52. The van der Waals surface area contributed by atoms with E-state index in [0.29, 0.717) is 22.1 Å². The highest BCUT2D eigenvalue weighted by Crippen LogP contribution is 2.20. The average Bonchev–Trinajstić information content (AvgIpc) is 2.37. The second kappa shape index (κ2) is 5.63. The first-order valence-corrected chi connectivity index (χ1v) is 6.12. The maximum atomic E-state index is 11.8. The third-order valence-corrected chi connectivity index (χ3v) is 2.85. The van der Waals surface area contributed by atoms with Crippen molar-refractivity contribution in [3.05, 3.63) is 53.1 Å². The summed E-state index contributed by atoms with van der Waals surface area (Å²) in [6, 6.07) is 11.9. The molecule has 0 bridgehead atoms. The molecule has 4 nitrogen and oxygen atoms in total. The van der Waals surface area contributed by atoms with E-state index in [-0.39, 0.29) is 6.03 Å². The third kappa shape index (κ3) is 3.63. The van der Waals surface area contributed by atoms with Gasteiger partial charge in [-0.15, -0.1) is 0 Å². The summed E-state index contributed by atoms with van der Waals surface area (Å²) < 4.78 is 0. The second-order valence-corrected chi connectivity index (χ2v) is 4.60. The predicted molar refractivity (Wildman–Crippen MR) is 79.7 cm³/mol. The number of benzene rings is 2. The van der Waals surface area contributed by atoms with Crippen LogP contribution in [0, 0.1) is 6.92 Å². The Kier molecular flexibility index (Phi) is 3.92. The lowest BCUT2D eigenvalue weighted by Crippen LogP contribution is -2.19. The van der Waals surface area contributed by atoms with Crippen molar-refractivity contribution < 1.29 is 4.79 Å². The van der Waals surface area contributed by atoms with Crippen LogP contribution in [0.2, 0.25) is 5.02 Å². The number of carbonyl (C=O) groups is 1. The summed E-state index contributed by atoms with van der Waals surface area (Å²) in [6.07, 6.45) is 0. The van der Waals surface area contributed by atoms with Gasteiger partial charge >= 0.3 is 6.03 Å². The number of aryl methyl sites for hydroxylation is 1. The van der Waals surface area contributed by atoms with Gasteiger partial charge in [0.05, 0.1) is 0 Å². The topological polar surface area (TPSA) is 67.2 Å². The highest BCUT2D eigenvalue weighted by Gasteiger charge is 2.05. The van der Waals surface area contributed by atoms with Gasteiger partial charge in [-0.3, -0.25) is 0 Å². The summed E-state index contributed by atoms with van der Waals surface area (Å²) in [5.74, 6) is 0. The third-order valence-electron chi connectivity index (χ3n) is 2.62. The molecule has 2 amide bonds. The fraction of sp³-hybridized carbons (Fsp3) is 0.0714. The number of halogens is 1. The number of amides is 2. The van der Waals surface area contributed by atoms with E-state index in [1.165, 1.54) is 0 Å². The van der Waals surface area contributed by atoms with E-state index in [9.17, 15) is 4.79 Å². The summed E-state index contributed by atoms with van der Waals surface area (Å²) in [6.45, 7) is 1.90. The number of anilines is 3. The number of hydrogen-bond acceptors (Lipinski definition) is 2. The quantitative estimate of drug-likeness (QED) is 0.728. The van der Waals surface area contributed by atoms with Gasteiger partial charge in [0.1, 0.15) is 0 Å². The Labute approximate surface area is 116 Å². The van der Waals surface area contributed by atoms with Gasteiger partial charge in [-0.25, -0.2) is 4.79 Å². The van der Waals surface area contributed by atoms with Crippen LogP contribution >= 0.6 is 11.6 Å². The fourth-order valence-corrected chi connectivity index (χ4v) is 1.75. The summed E-state index contributed by atoms with van der Waals surface area (Å²) in [7, 11) is 0. The molecule has 0 heterocycles. The maximum absolute atomic E-state index is 11.8. The van der Waals surface area contributed by atoms with E-state index in [0.717, 1.165) is 5.56 Å². The van der Waals surface area contributed by atoms with E-state index in [4.69, 9.17) is 17.3 Å². The minimum Gasteiger partial charge on any atom is -0.399 e. The molecule has 0 atom stereocenters. The Morgan fingerprint density at radius 2 is 1.79 bits per heavy atom. The van der Waals surface area contributed by atoms with Gasteiger partial charge in [-0.05, 0) is 48.9 Å². The number of nitrogens with two attached hydrogens (primary N) is 1. The molecule has 0 aliphatic rings. The Balaban J connectivity index is 2.05. The standard InChI is InChI=1S/C14H14ClN3O/c1-9-2-3-10(15)8-13(9)18-14(19)17-12-6-4-11(16)5-7-12/h2-8H,16H2,1H3,(H2,17,18,19). The van der Waals surface area contributed by atoms with Gasteiger partial charge in [0.15, 0.2) is 0 Å². The number of urea groups is 1. The van der Waals surface area contributed by atoms with E-state index in [2.05, 4.69) is 10.6 Å². The number of nitrogens with one attached hydrogen (secondary N) is 2. The zero-order valence-corrected chi connectivity index (χ0v) is 11.2. The zero-order valence-electron chi connectivity index (χ0n) is 10.4. The summed E-state index contributed by atoms with van der Waals surface area (Å²) >= 11 is 5.89. The molecular weight excluding hydrogens is 262 g/mol. The predicted octanol–water partition coefficient (Wildman–Crippen LogP) is 3.87. The molecule has 19 heavy (non-hydrogen) atoms. The molecule has 0 aliphatic carbocycles. The molecule has 2 aromatic carbocycles. The smallest absolute Gasteiger partial charge is 0.323 e. The first-order valence-electron chi connectivity index (χ1n) is 5.74. The minimum absolute atomic E-state index is 0.324. The van der Waals surface area contributed by atoms with E-state index < -0.39 is 0 Å². The van der Waals surface area contributed by atoms with Crippen LogP contribution in [0.25, 0.3) is 0 Å². The molecule has 0 saturated carbocycles. The van der Waals surface area contributed by atoms with Crippen molar-refractivity contribution in [1.29, 1.82) is 0 Å². The Morgan fingerprint density at radius 1 is 1.11 bits per heavy atom. The molecule has 5 heteroatoms. The van der Waals surface area contributed by atoms with E-state index in [1.54, 1.807) is 36.4 Å². The molecule has 0 unspecified atom stereocenters. The zero-order chi connectivity index (χ0) is 13.8. The van der Waals surface area contributed by atoms with Gasteiger partial charge < -0.3 is 16.4 Å². The van der Waals surface area contributed by atoms with Crippen LogP contribution in [0.4, 0.5) is 21.9 Å². The molecule has 4 N–H and O–H groups in total. The second-order valence-electron chi connectivity index (χ2n) is 4.16. The van der Waals surface area contributed by atoms with Crippen LogP contribution in [-0.4, -0.2) is 6.03 Å². The van der Waals surface area contributed by atoms with Crippen molar-refractivity contribution in [2.75, 3.05) is 16.4 Å². The molecule has 0 fully saturated rings. The van der Waals surface area contributed by atoms with Crippen molar-refractivity contribution in [2.24, 2.45) is 0 Å². The largest absolute Gasteiger partial charge is 0.399 e. The molecular formula is C14H14ClN3O. The highest BCUT2D eigenvalue weighted by molar-refractivity contribution is 6.31. The number of nitrogen functional groups attached to an aromatic ring is 1. The molecule has 98 valence electrons. The highest BCUT2D eigenvalue weighted by atomic mass is 35.5. The van der Waals surface area contributed by atoms with Crippen LogP contribution < -0.4 is 16.4 Å². The minimum atomic E-state index is -0.324. The van der Waals surface area contributed by atoms with E-state index in [1.807, 2.05) is 13.0 Å². The van der Waals surface area contributed by atoms with Gasteiger partial charge in [0.2, 0.25) is 0 Å². The van der Waals surface area contributed by atoms with Crippen molar-refractivity contribution in [2.45, 2.75) is 6.92 Å². The number of rotatable bonds is 2. The number of carbonyl (C=O) groups excluding carboxylic acids is 1. The first-order chi connectivity index (χ1) is 9.04. The molecule has 0 aliphatic heterocycles. The van der Waals surface area contributed by atoms with Crippen LogP contribution in [0.15, 0.2) is 42.5 Å².